The average Bonchev–Trinajstić information content (AvgIpc) is 3.22. The molecule has 4 rings (SSSR count). The molecule has 146 valence electrons. The topological polar surface area (TPSA) is 67.9 Å². The van der Waals surface area contributed by atoms with Crippen LogP contribution in [0.2, 0.25) is 0 Å². The van der Waals surface area contributed by atoms with Crippen molar-refractivity contribution in [2.45, 2.75) is 23.8 Å². The summed E-state index contributed by atoms with van der Waals surface area (Å²) in [4.78, 5) is 27.8. The third kappa shape index (κ3) is 3.42. The van der Waals surface area contributed by atoms with Crippen LogP contribution in [0, 0.1) is 0 Å². The van der Waals surface area contributed by atoms with Gasteiger partial charge in [-0.25, -0.2) is 0 Å². The number of hydrogen-bond donors (Lipinski definition) is 1. The van der Waals surface area contributed by atoms with Crippen LogP contribution in [-0.2, 0) is 4.79 Å². The van der Waals surface area contributed by atoms with Crippen molar-refractivity contribution in [2.75, 3.05) is 31.8 Å². The van der Waals surface area contributed by atoms with Gasteiger partial charge in [-0.05, 0) is 48.7 Å². The number of amides is 2. The SMILES string of the molecule is COc1ccc(C2CCCN2C(=O)c2ccc3c(c2)NC(=O)CS3)cc1OC. The van der Waals surface area contributed by atoms with Crippen molar-refractivity contribution in [3.63, 3.8) is 0 Å². The zero-order valence-corrected chi connectivity index (χ0v) is 16.7. The Morgan fingerprint density at radius 3 is 2.75 bits per heavy atom. The second-order valence-corrected chi connectivity index (χ2v) is 7.84. The largest absolute Gasteiger partial charge is 0.493 e. The molecule has 1 fully saturated rings. The highest BCUT2D eigenvalue weighted by Crippen LogP contribution is 2.38. The molecule has 2 heterocycles. The fourth-order valence-electron chi connectivity index (χ4n) is 3.80. The molecule has 7 heteroatoms. The van der Waals surface area contributed by atoms with Crippen LogP contribution in [0.5, 0.6) is 11.5 Å². The standard InChI is InChI=1S/C21H22N2O4S/c1-26-17-7-5-13(11-18(17)27-2)16-4-3-9-23(16)21(25)14-6-8-19-15(10-14)22-20(24)12-28-19/h5-8,10-11,16H,3-4,9,12H2,1-2H3,(H,22,24). The molecule has 1 atom stereocenters. The van der Waals surface area contributed by atoms with Gasteiger partial charge in [-0.1, -0.05) is 6.07 Å². The first-order valence-electron chi connectivity index (χ1n) is 9.20. The van der Waals surface area contributed by atoms with Gasteiger partial charge in [0.1, 0.15) is 0 Å². The first-order chi connectivity index (χ1) is 13.6. The summed E-state index contributed by atoms with van der Waals surface area (Å²) in [5.41, 5.74) is 2.34. The summed E-state index contributed by atoms with van der Waals surface area (Å²) < 4.78 is 10.7. The molecule has 0 saturated carbocycles. The second kappa shape index (κ2) is 7.75. The van der Waals surface area contributed by atoms with Crippen LogP contribution in [0.3, 0.4) is 0 Å². The lowest BCUT2D eigenvalue weighted by Crippen LogP contribution is -2.31. The number of anilines is 1. The monoisotopic (exact) mass is 398 g/mol. The maximum absolute atomic E-state index is 13.2. The Bertz CT molecular complexity index is 931. The van der Waals surface area contributed by atoms with E-state index in [1.165, 1.54) is 11.8 Å². The summed E-state index contributed by atoms with van der Waals surface area (Å²) in [6.45, 7) is 0.704. The Kier molecular flexibility index (Phi) is 5.17. The molecule has 1 N–H and O–H groups in total. The second-order valence-electron chi connectivity index (χ2n) is 6.82. The predicted octanol–water partition coefficient (Wildman–Crippen LogP) is 3.73. The van der Waals surface area contributed by atoms with Crippen molar-refractivity contribution in [3.8, 4) is 11.5 Å². The Labute approximate surface area is 168 Å². The molecular weight excluding hydrogens is 376 g/mol. The highest BCUT2D eigenvalue weighted by molar-refractivity contribution is 8.00. The van der Waals surface area contributed by atoms with Crippen molar-refractivity contribution in [1.82, 2.24) is 4.90 Å². The number of likely N-dealkylation sites (tertiary alicyclic amines) is 1. The number of thioether (sulfide) groups is 1. The predicted molar refractivity (Wildman–Crippen MR) is 108 cm³/mol. The first kappa shape index (κ1) is 18.7. The number of methoxy groups -OCH3 is 2. The zero-order valence-electron chi connectivity index (χ0n) is 15.9. The fraction of sp³-hybridized carbons (Fsp3) is 0.333. The number of carbonyl (C=O) groups excluding carboxylic acids is 2. The van der Waals surface area contributed by atoms with E-state index in [0.717, 1.165) is 23.3 Å². The molecule has 2 aromatic rings. The molecule has 2 aromatic carbocycles. The summed E-state index contributed by atoms with van der Waals surface area (Å²) in [6.07, 6.45) is 1.85. The third-order valence-corrected chi connectivity index (χ3v) is 6.24. The molecule has 0 bridgehead atoms. The van der Waals surface area contributed by atoms with Crippen LogP contribution in [0.25, 0.3) is 0 Å². The quantitative estimate of drug-likeness (QED) is 0.850. The van der Waals surface area contributed by atoms with Crippen molar-refractivity contribution >= 4 is 29.3 Å². The van der Waals surface area contributed by atoms with Gasteiger partial charge in [0.15, 0.2) is 11.5 Å². The summed E-state index contributed by atoms with van der Waals surface area (Å²) in [6, 6.07) is 11.3. The van der Waals surface area contributed by atoms with Gasteiger partial charge in [-0.2, -0.15) is 0 Å². The van der Waals surface area contributed by atoms with Gasteiger partial charge >= 0.3 is 0 Å². The lowest BCUT2D eigenvalue weighted by molar-refractivity contribution is -0.113. The highest BCUT2D eigenvalue weighted by atomic mass is 32.2. The van der Waals surface area contributed by atoms with Gasteiger partial charge in [-0.3, -0.25) is 9.59 Å². The normalized spacial score (nSPS) is 18.4. The van der Waals surface area contributed by atoms with Gasteiger partial charge in [0.05, 0.1) is 31.7 Å². The third-order valence-electron chi connectivity index (χ3n) is 5.17. The number of nitrogens with one attached hydrogen (secondary N) is 1. The number of rotatable bonds is 4. The van der Waals surface area contributed by atoms with E-state index >= 15 is 0 Å². The van der Waals surface area contributed by atoms with Crippen LogP contribution in [0.15, 0.2) is 41.3 Å². The lowest BCUT2D eigenvalue weighted by atomic mass is 10.0. The number of fused-ring (bicyclic) bond motifs is 1. The highest BCUT2D eigenvalue weighted by Gasteiger charge is 2.31. The van der Waals surface area contributed by atoms with E-state index in [-0.39, 0.29) is 17.9 Å². The molecular formula is C21H22N2O4S. The number of carbonyl (C=O) groups is 2. The van der Waals surface area contributed by atoms with Crippen molar-refractivity contribution < 1.29 is 19.1 Å². The Balaban J connectivity index is 1.61. The molecule has 2 amide bonds. The minimum Gasteiger partial charge on any atom is -0.493 e. The molecule has 2 aliphatic rings. The molecule has 1 unspecified atom stereocenters. The van der Waals surface area contributed by atoms with Gasteiger partial charge in [-0.15, -0.1) is 11.8 Å². The van der Waals surface area contributed by atoms with Gasteiger partial charge in [0, 0.05) is 17.0 Å². The molecule has 0 radical (unpaired) electrons. The summed E-state index contributed by atoms with van der Waals surface area (Å²) >= 11 is 1.49. The lowest BCUT2D eigenvalue weighted by Gasteiger charge is -2.26. The molecule has 6 nitrogen and oxygen atoms in total. The van der Waals surface area contributed by atoms with Crippen LogP contribution in [0.1, 0.15) is 34.8 Å². The van der Waals surface area contributed by atoms with Crippen LogP contribution >= 0.6 is 11.8 Å². The van der Waals surface area contributed by atoms with Gasteiger partial charge in [0.2, 0.25) is 5.91 Å². The smallest absolute Gasteiger partial charge is 0.254 e. The summed E-state index contributed by atoms with van der Waals surface area (Å²) in [5, 5.41) is 2.86. The van der Waals surface area contributed by atoms with Crippen molar-refractivity contribution in [2.24, 2.45) is 0 Å². The molecule has 1 saturated heterocycles. The van der Waals surface area contributed by atoms with Crippen LogP contribution in [0.4, 0.5) is 5.69 Å². The number of nitrogens with zero attached hydrogens (tertiary/aromatic N) is 1. The first-order valence-corrected chi connectivity index (χ1v) is 10.2. The maximum Gasteiger partial charge on any atom is 0.254 e. The number of benzene rings is 2. The van der Waals surface area contributed by atoms with E-state index < -0.39 is 0 Å². The number of hydrogen-bond acceptors (Lipinski definition) is 5. The van der Waals surface area contributed by atoms with Crippen LogP contribution in [-0.4, -0.2) is 43.2 Å². The molecule has 0 spiro atoms. The van der Waals surface area contributed by atoms with Crippen molar-refractivity contribution in [3.05, 3.63) is 47.5 Å². The minimum absolute atomic E-state index is 0.00713. The van der Waals surface area contributed by atoms with Crippen LogP contribution < -0.4 is 14.8 Å². The van der Waals surface area contributed by atoms with E-state index in [1.807, 2.05) is 35.2 Å². The Hall–Kier alpha value is -2.67. The molecule has 0 aromatic heterocycles. The van der Waals surface area contributed by atoms with Gasteiger partial charge in [0.25, 0.3) is 5.91 Å². The van der Waals surface area contributed by atoms with E-state index in [0.29, 0.717) is 35.0 Å². The Morgan fingerprint density at radius 1 is 1.14 bits per heavy atom. The van der Waals surface area contributed by atoms with E-state index in [1.54, 1.807) is 20.3 Å². The Morgan fingerprint density at radius 2 is 1.96 bits per heavy atom. The van der Waals surface area contributed by atoms with Gasteiger partial charge < -0.3 is 19.7 Å². The summed E-state index contributed by atoms with van der Waals surface area (Å²) in [5.74, 6) is 1.68. The maximum atomic E-state index is 13.2. The van der Waals surface area contributed by atoms with E-state index in [2.05, 4.69) is 5.32 Å². The molecule has 28 heavy (non-hydrogen) atoms. The van der Waals surface area contributed by atoms with Crippen molar-refractivity contribution in [1.29, 1.82) is 0 Å². The zero-order chi connectivity index (χ0) is 19.7. The summed E-state index contributed by atoms with van der Waals surface area (Å²) in [7, 11) is 3.22. The van der Waals surface area contributed by atoms with E-state index in [4.69, 9.17) is 9.47 Å². The number of ether oxygens (including phenoxy) is 2. The molecule has 0 aliphatic carbocycles. The van der Waals surface area contributed by atoms with E-state index in [9.17, 15) is 9.59 Å². The molecule has 2 aliphatic heterocycles. The average molecular weight is 398 g/mol. The fourth-order valence-corrected chi connectivity index (χ4v) is 4.59. The minimum atomic E-state index is -0.0357.